The molecule has 3 aliphatic rings. The summed E-state index contributed by atoms with van der Waals surface area (Å²) in [6.45, 7) is 1.84. The molecule has 0 amide bonds. The molecule has 4 rings (SSSR count). The summed E-state index contributed by atoms with van der Waals surface area (Å²) in [4.78, 5) is 6.13. The fourth-order valence-corrected chi connectivity index (χ4v) is 5.37. The molecule has 5 nitrogen and oxygen atoms in total. The Hall–Kier alpha value is -1.42. The second kappa shape index (κ2) is 8.84. The van der Waals surface area contributed by atoms with E-state index in [-0.39, 0.29) is 18.8 Å². The third kappa shape index (κ3) is 4.99. The minimum absolute atomic E-state index is 0.0583. The van der Waals surface area contributed by atoms with E-state index < -0.39 is 17.8 Å². The molecular formula is C21H24BrClF3N3O2. The number of anilines is 1. The van der Waals surface area contributed by atoms with Gasteiger partial charge in [0.1, 0.15) is 23.8 Å². The normalized spacial score (nSPS) is 27.8. The Kier molecular flexibility index (Phi) is 6.49. The van der Waals surface area contributed by atoms with Crippen LogP contribution in [0.2, 0.25) is 0 Å². The van der Waals surface area contributed by atoms with Crippen LogP contribution in [0.1, 0.15) is 12.8 Å². The summed E-state index contributed by atoms with van der Waals surface area (Å²) in [5, 5.41) is 9.95. The summed E-state index contributed by atoms with van der Waals surface area (Å²) in [5.41, 5.74) is -1.84. The van der Waals surface area contributed by atoms with Crippen LogP contribution < -0.4 is 9.64 Å². The van der Waals surface area contributed by atoms with Gasteiger partial charge in [-0.2, -0.15) is 0 Å². The average molecular weight is 523 g/mol. The number of hydrogen-bond donors (Lipinski definition) is 1. The van der Waals surface area contributed by atoms with Crippen molar-refractivity contribution in [3.05, 3.63) is 46.2 Å². The lowest BCUT2D eigenvalue weighted by Gasteiger charge is -2.39. The number of hydrogen-bond acceptors (Lipinski definition) is 5. The summed E-state index contributed by atoms with van der Waals surface area (Å²) >= 11 is 8.52. The maximum atomic E-state index is 14.1. The molecule has 1 aromatic rings. The van der Waals surface area contributed by atoms with Gasteiger partial charge in [-0.15, -0.1) is 8.78 Å². The minimum atomic E-state index is -3.79. The summed E-state index contributed by atoms with van der Waals surface area (Å²) in [6.07, 6.45) is 1.87. The van der Waals surface area contributed by atoms with Gasteiger partial charge in [-0.3, -0.25) is 4.90 Å². The van der Waals surface area contributed by atoms with Crippen molar-refractivity contribution in [2.24, 2.45) is 0 Å². The van der Waals surface area contributed by atoms with Crippen molar-refractivity contribution >= 4 is 33.2 Å². The number of ether oxygens (including phenoxy) is 1. The number of rotatable bonds is 5. The van der Waals surface area contributed by atoms with Crippen LogP contribution in [-0.4, -0.2) is 72.0 Å². The lowest BCUT2D eigenvalue weighted by atomic mass is 10.0. The Morgan fingerprint density at radius 1 is 1.23 bits per heavy atom. The maximum absolute atomic E-state index is 14.1. The predicted octanol–water partition coefficient (Wildman–Crippen LogP) is 4.27. The minimum Gasteiger partial charge on any atom is -0.420 e. The number of halogens is 5. The number of β-amino-alcohol motifs (C(OH)–C–C–N with tert-alkyl or cyclic N) is 1. The van der Waals surface area contributed by atoms with Gasteiger partial charge >= 0.3 is 5.57 Å². The number of allylic oxidation sites excluding steroid dienone is 2. The Balaban J connectivity index is 1.67. The van der Waals surface area contributed by atoms with Crippen LogP contribution in [0.15, 0.2) is 46.2 Å². The molecule has 0 radical (unpaired) electrons. The van der Waals surface area contributed by atoms with Crippen molar-refractivity contribution < 1.29 is 23.0 Å². The molecule has 3 aliphatic heterocycles. The van der Waals surface area contributed by atoms with Crippen LogP contribution in [0.4, 0.5) is 18.9 Å². The first-order valence-electron chi connectivity index (χ1n) is 10.1. The number of aliphatic hydroxyl groups is 1. The Morgan fingerprint density at radius 3 is 2.48 bits per heavy atom. The molecule has 10 heteroatoms. The molecule has 2 saturated heterocycles. The third-order valence-corrected chi connectivity index (χ3v) is 6.63. The molecule has 0 spiro atoms. The molecular weight excluding hydrogens is 499 g/mol. The second-order valence-corrected chi connectivity index (χ2v) is 9.44. The molecule has 1 N–H and O–H groups in total. The molecule has 0 saturated carbocycles. The van der Waals surface area contributed by atoms with Crippen LogP contribution in [0.5, 0.6) is 5.75 Å². The number of likely N-dealkylation sites (tertiary alicyclic amines) is 2. The topological polar surface area (TPSA) is 39.2 Å². The standard InChI is InChI=1S/C21H24BrClF3N3O2/c1-27-8-2-3-18(27)13-9-16(22)20(28-11-17(24)19(30)12-28)29(10-13)14-4-6-15(7-5-14)31-21(23,25)26/h4-7,9,17-19,30H,2-3,8,10-12H2,1H3/t17?,18-,19?/m0/s1. The van der Waals surface area contributed by atoms with Gasteiger partial charge in [-0.25, -0.2) is 4.39 Å². The maximum Gasteiger partial charge on any atom is 0.487 e. The summed E-state index contributed by atoms with van der Waals surface area (Å²) in [7, 11) is 2.10. The van der Waals surface area contributed by atoms with Gasteiger partial charge in [-0.05, 0) is 78.3 Å². The molecule has 0 bridgehead atoms. The van der Waals surface area contributed by atoms with Crippen molar-refractivity contribution in [1.82, 2.24) is 9.80 Å². The van der Waals surface area contributed by atoms with Crippen LogP contribution in [0, 0.1) is 0 Å². The first-order chi connectivity index (χ1) is 14.6. The molecule has 0 aromatic heterocycles. The highest BCUT2D eigenvalue weighted by atomic mass is 79.9. The fraction of sp³-hybridized carbons (Fsp3) is 0.524. The molecule has 1 aromatic carbocycles. The highest BCUT2D eigenvalue weighted by Gasteiger charge is 2.38. The largest absolute Gasteiger partial charge is 0.487 e. The van der Waals surface area contributed by atoms with Gasteiger partial charge in [-0.1, -0.05) is 0 Å². The van der Waals surface area contributed by atoms with Gasteiger partial charge in [0.05, 0.1) is 11.0 Å². The lowest BCUT2D eigenvalue weighted by Crippen LogP contribution is -2.42. The Morgan fingerprint density at radius 2 is 1.94 bits per heavy atom. The highest BCUT2D eigenvalue weighted by Crippen LogP contribution is 2.38. The van der Waals surface area contributed by atoms with E-state index >= 15 is 0 Å². The Bertz CT molecular complexity index is 868. The van der Waals surface area contributed by atoms with E-state index in [1.165, 1.54) is 17.7 Å². The molecule has 31 heavy (non-hydrogen) atoms. The van der Waals surface area contributed by atoms with Gasteiger partial charge in [0, 0.05) is 36.4 Å². The van der Waals surface area contributed by atoms with Crippen molar-refractivity contribution in [2.45, 2.75) is 36.7 Å². The van der Waals surface area contributed by atoms with Gasteiger partial charge in [0.25, 0.3) is 0 Å². The van der Waals surface area contributed by atoms with E-state index in [0.29, 0.717) is 12.6 Å². The number of benzene rings is 1. The molecule has 3 heterocycles. The number of alkyl halides is 4. The number of nitrogens with zero attached hydrogens (tertiary/aromatic N) is 3. The van der Waals surface area contributed by atoms with E-state index in [2.05, 4.69) is 38.7 Å². The zero-order valence-corrected chi connectivity index (χ0v) is 19.3. The van der Waals surface area contributed by atoms with Crippen LogP contribution in [-0.2, 0) is 0 Å². The third-order valence-electron chi connectivity index (χ3n) is 5.97. The van der Waals surface area contributed by atoms with Crippen LogP contribution >= 0.6 is 27.5 Å². The van der Waals surface area contributed by atoms with Crippen molar-refractivity contribution in [1.29, 1.82) is 0 Å². The van der Waals surface area contributed by atoms with E-state index in [0.717, 1.165) is 35.4 Å². The Labute approximate surface area is 192 Å². The first kappa shape index (κ1) is 22.8. The van der Waals surface area contributed by atoms with Gasteiger partial charge in [0.15, 0.2) is 0 Å². The van der Waals surface area contributed by atoms with Crippen molar-refractivity contribution in [3.63, 3.8) is 0 Å². The molecule has 2 fully saturated rings. The SMILES string of the molecule is CN1CCC[C@H]1C1=CC(Br)=C(N2CC(O)C(F)C2)N(c2ccc(OC(F)(F)Cl)cc2)C1. The lowest BCUT2D eigenvalue weighted by molar-refractivity contribution is -0.0964. The van der Waals surface area contributed by atoms with E-state index in [1.54, 1.807) is 12.1 Å². The molecule has 3 atom stereocenters. The van der Waals surface area contributed by atoms with E-state index in [4.69, 9.17) is 11.6 Å². The smallest absolute Gasteiger partial charge is 0.420 e. The molecule has 2 unspecified atom stereocenters. The van der Waals surface area contributed by atoms with Crippen LogP contribution in [0.3, 0.4) is 0 Å². The van der Waals surface area contributed by atoms with Crippen molar-refractivity contribution in [3.8, 4) is 5.75 Å². The summed E-state index contributed by atoms with van der Waals surface area (Å²) in [6, 6.07) is 6.48. The summed E-state index contributed by atoms with van der Waals surface area (Å²) in [5.74, 6) is 0.678. The average Bonchev–Trinajstić information content (AvgIpc) is 3.25. The first-order valence-corrected chi connectivity index (χ1v) is 11.3. The number of aliphatic hydroxyl groups excluding tert-OH is 1. The quantitative estimate of drug-likeness (QED) is 0.585. The molecule has 0 aliphatic carbocycles. The zero-order chi connectivity index (χ0) is 22.3. The van der Waals surface area contributed by atoms with Gasteiger partial charge in [0.2, 0.25) is 0 Å². The fourth-order valence-electron chi connectivity index (χ4n) is 4.52. The summed E-state index contributed by atoms with van der Waals surface area (Å²) < 4.78 is 45.2. The van der Waals surface area contributed by atoms with Crippen LogP contribution in [0.25, 0.3) is 0 Å². The highest BCUT2D eigenvalue weighted by molar-refractivity contribution is 9.11. The number of likely N-dealkylation sites (N-methyl/N-ethyl adjacent to an activating group) is 1. The molecule has 170 valence electrons. The van der Waals surface area contributed by atoms with E-state index in [1.807, 2.05) is 9.80 Å². The van der Waals surface area contributed by atoms with E-state index in [9.17, 15) is 18.3 Å². The second-order valence-electron chi connectivity index (χ2n) is 8.15. The predicted molar refractivity (Wildman–Crippen MR) is 117 cm³/mol. The van der Waals surface area contributed by atoms with Crippen molar-refractivity contribution in [2.75, 3.05) is 38.1 Å². The zero-order valence-electron chi connectivity index (χ0n) is 16.9. The van der Waals surface area contributed by atoms with Gasteiger partial charge < -0.3 is 19.6 Å². The monoisotopic (exact) mass is 521 g/mol.